The zero-order valence-corrected chi connectivity index (χ0v) is 12.7. The molecule has 0 saturated carbocycles. The van der Waals surface area contributed by atoms with Crippen LogP contribution in [0.1, 0.15) is 66.7 Å². The summed E-state index contributed by atoms with van der Waals surface area (Å²) in [6.07, 6.45) is 5.63. The Morgan fingerprint density at radius 2 is 1.94 bits per heavy atom. The van der Waals surface area contributed by atoms with Crippen LogP contribution in [0.2, 0.25) is 0 Å². The van der Waals surface area contributed by atoms with Crippen LogP contribution in [0.25, 0.3) is 0 Å². The average Bonchev–Trinajstić information content (AvgIpc) is 2.70. The molecule has 0 radical (unpaired) electrons. The molecule has 1 N–H and O–H groups in total. The Labute approximate surface area is 112 Å². The highest BCUT2D eigenvalue weighted by Gasteiger charge is 2.40. The van der Waals surface area contributed by atoms with Crippen LogP contribution in [0.3, 0.4) is 0 Å². The summed E-state index contributed by atoms with van der Waals surface area (Å²) in [6.45, 7) is 11.0. The van der Waals surface area contributed by atoms with Crippen LogP contribution in [0.4, 0.5) is 0 Å². The summed E-state index contributed by atoms with van der Waals surface area (Å²) in [5.74, 6) is 0.887. The van der Waals surface area contributed by atoms with Crippen molar-refractivity contribution in [3.05, 3.63) is 0 Å². The van der Waals surface area contributed by atoms with Crippen molar-refractivity contribution in [2.45, 2.75) is 85.0 Å². The van der Waals surface area contributed by atoms with Gasteiger partial charge in [-0.1, -0.05) is 47.0 Å². The molecule has 1 amide bonds. The van der Waals surface area contributed by atoms with E-state index in [0.29, 0.717) is 17.9 Å². The molecule has 4 unspecified atom stereocenters. The van der Waals surface area contributed by atoms with Crippen molar-refractivity contribution in [1.29, 1.82) is 0 Å². The van der Waals surface area contributed by atoms with Gasteiger partial charge in [0.1, 0.15) is 0 Å². The first kappa shape index (κ1) is 15.5. The van der Waals surface area contributed by atoms with Crippen LogP contribution in [-0.2, 0) is 4.79 Å². The zero-order chi connectivity index (χ0) is 13.7. The summed E-state index contributed by atoms with van der Waals surface area (Å²) in [7, 11) is 0. The van der Waals surface area contributed by atoms with Gasteiger partial charge >= 0.3 is 0 Å². The lowest BCUT2D eigenvalue weighted by molar-refractivity contribution is -0.133. The molecule has 3 nitrogen and oxygen atoms in total. The first-order chi connectivity index (χ1) is 8.56. The number of nitrogens with one attached hydrogen (secondary N) is 1. The van der Waals surface area contributed by atoms with Gasteiger partial charge in [0.2, 0.25) is 5.91 Å². The molecule has 3 heteroatoms. The third-order valence-corrected chi connectivity index (χ3v) is 4.42. The first-order valence-corrected chi connectivity index (χ1v) is 7.64. The highest BCUT2D eigenvalue weighted by atomic mass is 16.2. The second-order valence-corrected chi connectivity index (χ2v) is 5.66. The maximum Gasteiger partial charge on any atom is 0.241 e. The van der Waals surface area contributed by atoms with Gasteiger partial charge < -0.3 is 4.90 Å². The van der Waals surface area contributed by atoms with Gasteiger partial charge in [0, 0.05) is 6.04 Å². The van der Waals surface area contributed by atoms with Gasteiger partial charge in [-0.3, -0.25) is 10.1 Å². The molecule has 1 saturated heterocycles. The molecule has 1 rings (SSSR count). The Kier molecular flexibility index (Phi) is 6.13. The van der Waals surface area contributed by atoms with Gasteiger partial charge in [-0.25, -0.2) is 0 Å². The molecule has 18 heavy (non-hydrogen) atoms. The van der Waals surface area contributed by atoms with Gasteiger partial charge in [0.05, 0.1) is 12.2 Å². The van der Waals surface area contributed by atoms with Crippen molar-refractivity contribution in [2.24, 2.45) is 5.92 Å². The van der Waals surface area contributed by atoms with Crippen LogP contribution in [0, 0.1) is 5.92 Å². The van der Waals surface area contributed by atoms with E-state index in [0.717, 1.165) is 32.1 Å². The van der Waals surface area contributed by atoms with Gasteiger partial charge in [0.15, 0.2) is 0 Å². The quantitative estimate of drug-likeness (QED) is 0.757. The summed E-state index contributed by atoms with van der Waals surface area (Å²) in [5, 5.41) is 3.51. The van der Waals surface area contributed by atoms with Crippen LogP contribution >= 0.6 is 0 Å². The normalized spacial score (nSPS) is 27.6. The van der Waals surface area contributed by atoms with Crippen LogP contribution in [0.5, 0.6) is 0 Å². The fourth-order valence-corrected chi connectivity index (χ4v) is 2.75. The molecule has 1 aliphatic heterocycles. The van der Waals surface area contributed by atoms with Crippen molar-refractivity contribution >= 4 is 5.91 Å². The molecule has 0 aliphatic carbocycles. The number of rotatable bonds is 7. The second-order valence-electron chi connectivity index (χ2n) is 5.66. The predicted molar refractivity (Wildman–Crippen MR) is 76.3 cm³/mol. The van der Waals surface area contributed by atoms with Gasteiger partial charge in [-0.05, 0) is 25.7 Å². The fraction of sp³-hybridized carbons (Fsp3) is 0.933. The van der Waals surface area contributed by atoms with Crippen molar-refractivity contribution < 1.29 is 4.79 Å². The smallest absolute Gasteiger partial charge is 0.241 e. The van der Waals surface area contributed by atoms with E-state index >= 15 is 0 Å². The van der Waals surface area contributed by atoms with Gasteiger partial charge in [-0.2, -0.15) is 0 Å². The maximum atomic E-state index is 12.5. The van der Waals surface area contributed by atoms with Crippen molar-refractivity contribution in [2.75, 3.05) is 0 Å². The molecular weight excluding hydrogens is 224 g/mol. The third kappa shape index (κ3) is 3.25. The van der Waals surface area contributed by atoms with Crippen molar-refractivity contribution in [3.8, 4) is 0 Å². The molecule has 1 heterocycles. The Morgan fingerprint density at radius 3 is 2.44 bits per heavy atom. The topological polar surface area (TPSA) is 32.3 Å². The van der Waals surface area contributed by atoms with Crippen molar-refractivity contribution in [3.63, 3.8) is 0 Å². The largest absolute Gasteiger partial charge is 0.323 e. The molecule has 0 spiro atoms. The zero-order valence-electron chi connectivity index (χ0n) is 12.7. The number of amides is 1. The van der Waals surface area contributed by atoms with Gasteiger partial charge in [0.25, 0.3) is 0 Å². The Hall–Kier alpha value is -0.570. The standard InChI is InChI=1S/C15H30N2O/c1-6-9-10-13-15(18)17(14(8-3)16-13)12(5)11(4)7-2/h11-14,16H,6-10H2,1-5H3. The fourth-order valence-electron chi connectivity index (χ4n) is 2.75. The van der Waals surface area contributed by atoms with Crippen molar-refractivity contribution in [1.82, 2.24) is 10.2 Å². The summed E-state index contributed by atoms with van der Waals surface area (Å²) >= 11 is 0. The molecule has 0 bridgehead atoms. The number of unbranched alkanes of at least 4 members (excludes halogenated alkanes) is 1. The summed E-state index contributed by atoms with van der Waals surface area (Å²) in [6, 6.07) is 0.396. The summed E-state index contributed by atoms with van der Waals surface area (Å²) in [4.78, 5) is 14.6. The minimum Gasteiger partial charge on any atom is -0.323 e. The van der Waals surface area contributed by atoms with Crippen LogP contribution in [-0.4, -0.2) is 29.1 Å². The average molecular weight is 254 g/mol. The molecule has 4 atom stereocenters. The Balaban J connectivity index is 2.73. The lowest BCUT2D eigenvalue weighted by Gasteiger charge is -2.33. The highest BCUT2D eigenvalue weighted by molar-refractivity contribution is 5.84. The lowest BCUT2D eigenvalue weighted by atomic mass is 9.98. The first-order valence-electron chi connectivity index (χ1n) is 7.64. The van der Waals surface area contributed by atoms with E-state index in [2.05, 4.69) is 44.8 Å². The van der Waals surface area contributed by atoms with E-state index in [1.165, 1.54) is 0 Å². The van der Waals surface area contributed by atoms with Crippen LogP contribution < -0.4 is 5.32 Å². The predicted octanol–water partition coefficient (Wildman–Crippen LogP) is 3.15. The highest BCUT2D eigenvalue weighted by Crippen LogP contribution is 2.24. The molecule has 1 fully saturated rings. The van der Waals surface area contributed by atoms with E-state index in [1.807, 2.05) is 0 Å². The minimum atomic E-state index is 0.0569. The van der Waals surface area contributed by atoms with E-state index < -0.39 is 0 Å². The number of nitrogens with zero attached hydrogens (tertiary/aromatic N) is 1. The monoisotopic (exact) mass is 254 g/mol. The lowest BCUT2D eigenvalue weighted by Crippen LogP contribution is -2.45. The van der Waals surface area contributed by atoms with E-state index in [-0.39, 0.29) is 12.2 Å². The molecule has 0 aromatic carbocycles. The number of hydrogen-bond donors (Lipinski definition) is 1. The number of hydrogen-bond acceptors (Lipinski definition) is 2. The number of carbonyl (C=O) groups excluding carboxylic acids is 1. The Morgan fingerprint density at radius 1 is 1.28 bits per heavy atom. The van der Waals surface area contributed by atoms with Crippen LogP contribution in [0.15, 0.2) is 0 Å². The summed E-state index contributed by atoms with van der Waals surface area (Å²) in [5.41, 5.74) is 0. The minimum absolute atomic E-state index is 0.0569. The third-order valence-electron chi connectivity index (χ3n) is 4.42. The molecular formula is C15H30N2O. The maximum absolute atomic E-state index is 12.5. The second kappa shape index (κ2) is 7.13. The molecule has 0 aromatic rings. The van der Waals surface area contributed by atoms with E-state index in [4.69, 9.17) is 0 Å². The van der Waals surface area contributed by atoms with E-state index in [1.54, 1.807) is 0 Å². The number of carbonyl (C=O) groups is 1. The van der Waals surface area contributed by atoms with Gasteiger partial charge in [-0.15, -0.1) is 0 Å². The molecule has 1 aliphatic rings. The van der Waals surface area contributed by atoms with E-state index in [9.17, 15) is 4.79 Å². The Bertz CT molecular complexity index is 267. The molecule has 0 aromatic heterocycles. The molecule has 106 valence electrons. The SMILES string of the molecule is CCCCC1NC(CC)N(C(C)C(C)CC)C1=O. The summed E-state index contributed by atoms with van der Waals surface area (Å²) < 4.78 is 0.